The van der Waals surface area contributed by atoms with Gasteiger partial charge in [-0.1, -0.05) is 18.6 Å². The minimum absolute atomic E-state index is 0.345. The van der Waals surface area contributed by atoms with Gasteiger partial charge in [-0.3, -0.25) is 10.0 Å². The predicted molar refractivity (Wildman–Crippen MR) is 61.6 cm³/mol. The number of allylic oxidation sites excluding steroid dienone is 3. The molecular formula is C12H20FNO2. The van der Waals surface area contributed by atoms with E-state index in [-0.39, 0.29) is 5.83 Å². The van der Waals surface area contributed by atoms with E-state index < -0.39 is 11.3 Å². The van der Waals surface area contributed by atoms with E-state index in [0.717, 1.165) is 0 Å². The number of hydroxylamine groups is 1. The molecule has 0 saturated carbocycles. The van der Waals surface area contributed by atoms with E-state index in [1.54, 1.807) is 33.2 Å². The lowest BCUT2D eigenvalue weighted by Crippen LogP contribution is -2.38. The SMILES string of the molecule is CC=C(F)C(C)=C(C)C(C)(CC)C(=O)NO. The Hall–Kier alpha value is -1.16. The summed E-state index contributed by atoms with van der Waals surface area (Å²) in [6.07, 6.45) is 1.84. The number of halogens is 1. The van der Waals surface area contributed by atoms with Crippen LogP contribution in [0.25, 0.3) is 0 Å². The maximum absolute atomic E-state index is 13.4. The molecule has 0 bridgehead atoms. The lowest BCUT2D eigenvalue weighted by atomic mass is 9.77. The number of amides is 1. The van der Waals surface area contributed by atoms with Gasteiger partial charge in [0.25, 0.3) is 5.91 Å². The molecule has 0 aliphatic carbocycles. The van der Waals surface area contributed by atoms with Crippen molar-refractivity contribution in [3.05, 3.63) is 23.0 Å². The van der Waals surface area contributed by atoms with Crippen LogP contribution in [0, 0.1) is 5.41 Å². The van der Waals surface area contributed by atoms with Gasteiger partial charge in [-0.15, -0.1) is 0 Å². The zero-order chi connectivity index (χ0) is 12.9. The second-order valence-corrected chi connectivity index (χ2v) is 4.01. The molecule has 3 nitrogen and oxygen atoms in total. The summed E-state index contributed by atoms with van der Waals surface area (Å²) in [6, 6.07) is 0. The molecule has 0 aromatic carbocycles. The molecule has 0 fully saturated rings. The number of hydrogen-bond acceptors (Lipinski definition) is 2. The molecule has 0 radical (unpaired) electrons. The van der Waals surface area contributed by atoms with Gasteiger partial charge in [-0.05, 0) is 39.7 Å². The smallest absolute Gasteiger partial charge is 0.253 e. The monoisotopic (exact) mass is 229 g/mol. The minimum Gasteiger partial charge on any atom is -0.289 e. The topological polar surface area (TPSA) is 49.3 Å². The second-order valence-electron chi connectivity index (χ2n) is 4.01. The van der Waals surface area contributed by atoms with Crippen molar-refractivity contribution in [3.63, 3.8) is 0 Å². The molecule has 0 aromatic rings. The lowest BCUT2D eigenvalue weighted by molar-refractivity contribution is -0.137. The summed E-state index contributed by atoms with van der Waals surface area (Å²) >= 11 is 0. The van der Waals surface area contributed by atoms with E-state index in [0.29, 0.717) is 17.6 Å². The van der Waals surface area contributed by atoms with Gasteiger partial charge in [-0.25, -0.2) is 9.87 Å². The van der Waals surface area contributed by atoms with E-state index >= 15 is 0 Å². The first-order valence-electron chi connectivity index (χ1n) is 5.29. The summed E-state index contributed by atoms with van der Waals surface area (Å²) in [5.74, 6) is -0.862. The number of rotatable bonds is 4. The summed E-state index contributed by atoms with van der Waals surface area (Å²) in [7, 11) is 0. The summed E-state index contributed by atoms with van der Waals surface area (Å²) in [6.45, 7) is 8.43. The molecule has 1 atom stereocenters. The Morgan fingerprint density at radius 3 is 2.31 bits per heavy atom. The molecule has 4 heteroatoms. The van der Waals surface area contributed by atoms with Crippen LogP contribution in [0.1, 0.15) is 41.0 Å². The predicted octanol–water partition coefficient (Wildman–Crippen LogP) is 3.12. The molecule has 0 heterocycles. The van der Waals surface area contributed by atoms with Crippen molar-refractivity contribution in [3.8, 4) is 0 Å². The van der Waals surface area contributed by atoms with Crippen LogP contribution in [-0.2, 0) is 4.79 Å². The van der Waals surface area contributed by atoms with E-state index in [1.165, 1.54) is 6.08 Å². The average molecular weight is 229 g/mol. The fraction of sp³-hybridized carbons (Fsp3) is 0.583. The second kappa shape index (κ2) is 5.80. The van der Waals surface area contributed by atoms with Crippen molar-refractivity contribution in [1.29, 1.82) is 0 Å². The molecule has 0 spiro atoms. The van der Waals surface area contributed by atoms with Crippen molar-refractivity contribution < 1.29 is 14.4 Å². The number of carbonyl (C=O) groups excluding carboxylic acids is 1. The van der Waals surface area contributed by atoms with Crippen LogP contribution in [0.4, 0.5) is 4.39 Å². The van der Waals surface area contributed by atoms with Gasteiger partial charge in [0.1, 0.15) is 5.83 Å². The van der Waals surface area contributed by atoms with Crippen molar-refractivity contribution in [1.82, 2.24) is 5.48 Å². The first-order valence-corrected chi connectivity index (χ1v) is 5.29. The maximum Gasteiger partial charge on any atom is 0.253 e. The van der Waals surface area contributed by atoms with Crippen LogP contribution < -0.4 is 5.48 Å². The Kier molecular flexibility index (Phi) is 5.38. The fourth-order valence-corrected chi connectivity index (χ4v) is 1.53. The highest BCUT2D eigenvalue weighted by Gasteiger charge is 2.34. The molecule has 92 valence electrons. The van der Waals surface area contributed by atoms with Crippen molar-refractivity contribution in [2.75, 3.05) is 0 Å². The zero-order valence-corrected chi connectivity index (χ0v) is 10.5. The van der Waals surface area contributed by atoms with Crippen LogP contribution >= 0.6 is 0 Å². The molecule has 16 heavy (non-hydrogen) atoms. The highest BCUT2D eigenvalue weighted by atomic mass is 19.1. The zero-order valence-electron chi connectivity index (χ0n) is 10.5. The van der Waals surface area contributed by atoms with Crippen LogP contribution in [0.5, 0.6) is 0 Å². The summed E-state index contributed by atoms with van der Waals surface area (Å²) in [4.78, 5) is 11.6. The quantitative estimate of drug-likeness (QED) is 0.442. The normalized spacial score (nSPS) is 17.6. The maximum atomic E-state index is 13.4. The molecule has 0 rings (SSSR count). The molecule has 0 saturated heterocycles. The molecule has 0 aromatic heterocycles. The molecule has 1 amide bonds. The third-order valence-corrected chi connectivity index (χ3v) is 3.31. The van der Waals surface area contributed by atoms with E-state index in [4.69, 9.17) is 5.21 Å². The summed E-state index contributed by atoms with van der Waals surface area (Å²) < 4.78 is 13.4. The van der Waals surface area contributed by atoms with Gasteiger partial charge in [0.2, 0.25) is 0 Å². The molecule has 0 aliphatic heterocycles. The van der Waals surface area contributed by atoms with Crippen LogP contribution in [0.3, 0.4) is 0 Å². The Balaban J connectivity index is 5.51. The summed E-state index contributed by atoms with van der Waals surface area (Å²) in [5.41, 5.74) is 1.81. The van der Waals surface area contributed by atoms with E-state index in [2.05, 4.69) is 0 Å². The summed E-state index contributed by atoms with van der Waals surface area (Å²) in [5, 5.41) is 8.70. The van der Waals surface area contributed by atoms with Crippen LogP contribution in [0.15, 0.2) is 23.0 Å². The van der Waals surface area contributed by atoms with Crippen molar-refractivity contribution in [2.45, 2.75) is 41.0 Å². The Bertz CT molecular complexity index is 334. The van der Waals surface area contributed by atoms with Crippen molar-refractivity contribution in [2.24, 2.45) is 5.41 Å². The highest BCUT2D eigenvalue weighted by Crippen LogP contribution is 2.35. The molecule has 1 unspecified atom stereocenters. The van der Waals surface area contributed by atoms with Gasteiger partial charge < -0.3 is 0 Å². The van der Waals surface area contributed by atoms with Gasteiger partial charge in [0.05, 0.1) is 5.41 Å². The molecular weight excluding hydrogens is 209 g/mol. The first-order chi connectivity index (χ1) is 7.34. The first kappa shape index (κ1) is 14.8. The van der Waals surface area contributed by atoms with E-state index in [1.807, 2.05) is 6.92 Å². The van der Waals surface area contributed by atoms with Gasteiger partial charge >= 0.3 is 0 Å². The van der Waals surface area contributed by atoms with Gasteiger partial charge in [0.15, 0.2) is 0 Å². The van der Waals surface area contributed by atoms with E-state index in [9.17, 15) is 9.18 Å². The Morgan fingerprint density at radius 1 is 1.50 bits per heavy atom. The number of hydrogen-bond donors (Lipinski definition) is 2. The van der Waals surface area contributed by atoms with Crippen LogP contribution in [-0.4, -0.2) is 11.1 Å². The van der Waals surface area contributed by atoms with Crippen LogP contribution in [0.2, 0.25) is 0 Å². The van der Waals surface area contributed by atoms with Gasteiger partial charge in [0, 0.05) is 0 Å². The third kappa shape index (κ3) is 2.70. The molecule has 0 aliphatic rings. The van der Waals surface area contributed by atoms with Gasteiger partial charge in [-0.2, -0.15) is 0 Å². The standard InChI is InChI=1S/C12H20FNO2/c1-6-10(13)8(3)9(4)12(5,7-2)11(15)14-16/h6,16H,7H2,1-5H3,(H,14,15). The third-order valence-electron chi connectivity index (χ3n) is 3.31. The number of carbonyl (C=O) groups is 1. The number of nitrogens with one attached hydrogen (secondary N) is 1. The Labute approximate surface area is 96.0 Å². The largest absolute Gasteiger partial charge is 0.289 e. The van der Waals surface area contributed by atoms with Crippen molar-refractivity contribution >= 4 is 5.91 Å². The average Bonchev–Trinajstić information content (AvgIpc) is 2.33. The minimum atomic E-state index is -0.890. The lowest BCUT2D eigenvalue weighted by Gasteiger charge is -2.28. The Morgan fingerprint density at radius 2 is 2.00 bits per heavy atom. The fourth-order valence-electron chi connectivity index (χ4n) is 1.53. The highest BCUT2D eigenvalue weighted by molar-refractivity contribution is 5.84. The molecule has 2 N–H and O–H groups in total.